The fourth-order valence-corrected chi connectivity index (χ4v) is 3.46. The summed E-state index contributed by atoms with van der Waals surface area (Å²) in [5.74, 6) is 1.90. The molecular weight excluding hydrogens is 156 g/mol. The van der Waals surface area contributed by atoms with Crippen molar-refractivity contribution in [1.82, 2.24) is 0 Å². The molecule has 0 heterocycles. The lowest BCUT2D eigenvalue weighted by atomic mass is 9.75. The molecule has 0 aliphatic heterocycles. The summed E-state index contributed by atoms with van der Waals surface area (Å²) in [4.78, 5) is 0. The van der Waals surface area contributed by atoms with Crippen molar-refractivity contribution in [2.75, 3.05) is 0 Å². The summed E-state index contributed by atoms with van der Waals surface area (Å²) in [6.07, 6.45) is 15.0. The number of hydrogen-bond acceptors (Lipinski definition) is 0. The lowest BCUT2D eigenvalue weighted by Crippen LogP contribution is -2.16. The van der Waals surface area contributed by atoms with Gasteiger partial charge in [-0.05, 0) is 55.9 Å². The summed E-state index contributed by atoms with van der Waals surface area (Å²) in [7, 11) is 0. The zero-order chi connectivity index (χ0) is 8.67. The Balaban J connectivity index is 1.96. The molecule has 0 saturated heterocycles. The molecule has 1 fully saturated rings. The van der Waals surface area contributed by atoms with Gasteiger partial charge in [-0.3, -0.25) is 0 Å². The predicted molar refractivity (Wildman–Crippen MR) is 55.5 cm³/mol. The Hall–Kier alpha value is -0.520. The second-order valence-electron chi connectivity index (χ2n) is 4.82. The molecule has 3 aliphatic rings. The molecule has 1 saturated carbocycles. The molecule has 70 valence electrons. The van der Waals surface area contributed by atoms with E-state index in [9.17, 15) is 0 Å². The molecule has 0 spiro atoms. The Morgan fingerprint density at radius 2 is 1.92 bits per heavy atom. The largest absolute Gasteiger partial charge is 0.0805 e. The van der Waals surface area contributed by atoms with Crippen LogP contribution < -0.4 is 0 Å². The maximum atomic E-state index is 2.50. The van der Waals surface area contributed by atoms with Crippen LogP contribution >= 0.6 is 0 Å². The molecule has 0 aromatic heterocycles. The molecule has 0 nitrogen and oxygen atoms in total. The lowest BCUT2D eigenvalue weighted by molar-refractivity contribution is 0.473. The van der Waals surface area contributed by atoms with E-state index in [0.29, 0.717) is 0 Å². The minimum absolute atomic E-state index is 0.928. The highest BCUT2D eigenvalue weighted by molar-refractivity contribution is 5.35. The minimum Gasteiger partial charge on any atom is -0.0805 e. The third-order valence-electron chi connectivity index (χ3n) is 4.12. The van der Waals surface area contributed by atoms with Crippen molar-refractivity contribution in [3.05, 3.63) is 23.3 Å². The molecular formula is C13H18. The van der Waals surface area contributed by atoms with E-state index in [1.807, 2.05) is 5.57 Å². The Labute approximate surface area is 80.7 Å². The van der Waals surface area contributed by atoms with E-state index in [0.717, 1.165) is 11.8 Å². The van der Waals surface area contributed by atoms with Gasteiger partial charge in [0.1, 0.15) is 0 Å². The van der Waals surface area contributed by atoms with Crippen LogP contribution in [0.3, 0.4) is 0 Å². The average Bonchev–Trinajstić information content (AvgIpc) is 2.65. The van der Waals surface area contributed by atoms with Crippen LogP contribution in [0.15, 0.2) is 23.3 Å². The quantitative estimate of drug-likeness (QED) is 0.523. The van der Waals surface area contributed by atoms with Gasteiger partial charge in [0.15, 0.2) is 0 Å². The summed E-state index contributed by atoms with van der Waals surface area (Å²) in [6, 6.07) is 0. The van der Waals surface area contributed by atoms with E-state index in [1.165, 1.54) is 44.9 Å². The van der Waals surface area contributed by atoms with Gasteiger partial charge in [0.25, 0.3) is 0 Å². The van der Waals surface area contributed by atoms with Gasteiger partial charge in [0.05, 0.1) is 0 Å². The molecule has 2 atom stereocenters. The summed E-state index contributed by atoms with van der Waals surface area (Å²) in [6.45, 7) is 0. The third-order valence-corrected chi connectivity index (χ3v) is 4.12. The second kappa shape index (κ2) is 3.01. The zero-order valence-electron chi connectivity index (χ0n) is 8.26. The number of fused-ring (bicyclic) bond motifs is 2. The van der Waals surface area contributed by atoms with Crippen molar-refractivity contribution >= 4 is 0 Å². The Morgan fingerprint density at radius 1 is 1.00 bits per heavy atom. The van der Waals surface area contributed by atoms with Crippen molar-refractivity contribution in [1.29, 1.82) is 0 Å². The van der Waals surface area contributed by atoms with Gasteiger partial charge in [-0.1, -0.05) is 24.1 Å². The molecule has 0 heteroatoms. The molecule has 0 amide bonds. The first kappa shape index (κ1) is 7.84. The van der Waals surface area contributed by atoms with Gasteiger partial charge in [-0.25, -0.2) is 0 Å². The van der Waals surface area contributed by atoms with Crippen LogP contribution in [0.4, 0.5) is 0 Å². The highest BCUT2D eigenvalue weighted by atomic mass is 14.4. The first-order valence-corrected chi connectivity index (χ1v) is 5.85. The van der Waals surface area contributed by atoms with Crippen LogP contribution in [0.2, 0.25) is 0 Å². The van der Waals surface area contributed by atoms with E-state index in [4.69, 9.17) is 0 Å². The van der Waals surface area contributed by atoms with Crippen LogP contribution in [0.25, 0.3) is 0 Å². The molecule has 3 rings (SSSR count). The number of hydrogen-bond donors (Lipinski definition) is 0. The van der Waals surface area contributed by atoms with Gasteiger partial charge >= 0.3 is 0 Å². The normalized spacial score (nSPS) is 37.5. The second-order valence-corrected chi connectivity index (χ2v) is 4.82. The summed E-state index contributed by atoms with van der Waals surface area (Å²) in [5.41, 5.74) is 3.57. The standard InChI is InChI=1S/C13H18/c1-2-6-12-10(4-1)8-9-11-5-3-7-13(11)12/h8-9,11,13H,1-7H2. The molecule has 0 N–H and O–H groups in total. The highest BCUT2D eigenvalue weighted by Gasteiger charge is 2.32. The smallest absolute Gasteiger partial charge is 0.0134 e. The predicted octanol–water partition coefficient (Wildman–Crippen LogP) is 3.84. The monoisotopic (exact) mass is 174 g/mol. The molecule has 13 heavy (non-hydrogen) atoms. The molecule has 0 aromatic rings. The van der Waals surface area contributed by atoms with Crippen molar-refractivity contribution in [2.24, 2.45) is 11.8 Å². The molecule has 0 radical (unpaired) electrons. The number of rotatable bonds is 0. The van der Waals surface area contributed by atoms with Gasteiger partial charge in [-0.2, -0.15) is 0 Å². The fourth-order valence-electron chi connectivity index (χ4n) is 3.46. The Bertz CT molecular complexity index is 270. The third kappa shape index (κ3) is 1.19. The molecule has 0 aromatic carbocycles. The Morgan fingerprint density at radius 3 is 2.92 bits per heavy atom. The van der Waals surface area contributed by atoms with Crippen molar-refractivity contribution < 1.29 is 0 Å². The SMILES string of the molecule is C1=CC2CCCC2C2=C1CCCC2. The molecule has 2 unspecified atom stereocenters. The maximum absolute atomic E-state index is 2.50. The van der Waals surface area contributed by atoms with Gasteiger partial charge in [-0.15, -0.1) is 0 Å². The van der Waals surface area contributed by atoms with Crippen molar-refractivity contribution in [2.45, 2.75) is 44.9 Å². The zero-order valence-corrected chi connectivity index (χ0v) is 8.26. The van der Waals surface area contributed by atoms with E-state index < -0.39 is 0 Å². The summed E-state index contributed by atoms with van der Waals surface area (Å²) in [5, 5.41) is 0. The van der Waals surface area contributed by atoms with Crippen molar-refractivity contribution in [3.8, 4) is 0 Å². The van der Waals surface area contributed by atoms with Crippen LogP contribution in [-0.4, -0.2) is 0 Å². The lowest BCUT2D eigenvalue weighted by Gasteiger charge is -2.30. The Kier molecular flexibility index (Phi) is 1.81. The highest BCUT2D eigenvalue weighted by Crippen LogP contribution is 2.46. The van der Waals surface area contributed by atoms with E-state index in [1.54, 1.807) is 5.57 Å². The topological polar surface area (TPSA) is 0 Å². The van der Waals surface area contributed by atoms with Gasteiger partial charge < -0.3 is 0 Å². The fraction of sp³-hybridized carbons (Fsp3) is 0.692. The summed E-state index contributed by atoms with van der Waals surface area (Å²) < 4.78 is 0. The minimum atomic E-state index is 0.928. The first-order valence-electron chi connectivity index (χ1n) is 5.85. The van der Waals surface area contributed by atoms with Crippen molar-refractivity contribution in [3.63, 3.8) is 0 Å². The maximum Gasteiger partial charge on any atom is -0.0134 e. The summed E-state index contributed by atoms with van der Waals surface area (Å²) >= 11 is 0. The average molecular weight is 174 g/mol. The van der Waals surface area contributed by atoms with E-state index >= 15 is 0 Å². The molecule has 3 aliphatic carbocycles. The van der Waals surface area contributed by atoms with Crippen LogP contribution in [0, 0.1) is 11.8 Å². The van der Waals surface area contributed by atoms with Gasteiger partial charge in [0.2, 0.25) is 0 Å². The van der Waals surface area contributed by atoms with Crippen LogP contribution in [0.1, 0.15) is 44.9 Å². The van der Waals surface area contributed by atoms with Crippen LogP contribution in [0.5, 0.6) is 0 Å². The number of allylic oxidation sites excluding steroid dienone is 4. The van der Waals surface area contributed by atoms with Gasteiger partial charge in [0, 0.05) is 0 Å². The van der Waals surface area contributed by atoms with E-state index in [2.05, 4.69) is 12.2 Å². The molecule has 0 bridgehead atoms. The van der Waals surface area contributed by atoms with Crippen LogP contribution in [-0.2, 0) is 0 Å². The van der Waals surface area contributed by atoms with E-state index in [-0.39, 0.29) is 0 Å². The first-order chi connectivity index (χ1) is 6.45.